The molecule has 0 radical (unpaired) electrons. The van der Waals surface area contributed by atoms with Crippen molar-refractivity contribution in [3.05, 3.63) is 35.1 Å². The van der Waals surface area contributed by atoms with Crippen LogP contribution >= 0.6 is 0 Å². The van der Waals surface area contributed by atoms with E-state index < -0.39 is 17.5 Å². The minimum absolute atomic E-state index is 0.283. The highest BCUT2D eigenvalue weighted by Gasteiger charge is 2.47. The van der Waals surface area contributed by atoms with E-state index in [0.29, 0.717) is 30.4 Å². The molecule has 0 heterocycles. The summed E-state index contributed by atoms with van der Waals surface area (Å²) in [6.45, 7) is 3.98. The van der Waals surface area contributed by atoms with Crippen LogP contribution in [0.1, 0.15) is 44.2 Å². The van der Waals surface area contributed by atoms with E-state index in [9.17, 15) is 14.3 Å². The summed E-state index contributed by atoms with van der Waals surface area (Å²) in [6.07, 6.45) is 2.12. The van der Waals surface area contributed by atoms with Gasteiger partial charge in [0.25, 0.3) is 0 Å². The number of hydrogen-bond donors (Lipinski definition) is 1. The van der Waals surface area contributed by atoms with Crippen LogP contribution in [0.15, 0.2) is 18.2 Å². The van der Waals surface area contributed by atoms with Crippen molar-refractivity contribution in [2.75, 3.05) is 6.61 Å². The van der Waals surface area contributed by atoms with Crippen LogP contribution in [0.3, 0.4) is 0 Å². The van der Waals surface area contributed by atoms with E-state index in [1.807, 2.05) is 6.92 Å². The molecular weight excluding hydrogens is 259 g/mol. The molecule has 1 aliphatic rings. The lowest BCUT2D eigenvalue weighted by molar-refractivity contribution is -0.160. The van der Waals surface area contributed by atoms with Gasteiger partial charge in [-0.3, -0.25) is 4.79 Å². The zero-order valence-corrected chi connectivity index (χ0v) is 12.0. The molecule has 0 fully saturated rings. The molecule has 1 aromatic rings. The molecule has 0 saturated carbocycles. The average molecular weight is 280 g/mol. The topological polar surface area (TPSA) is 46.5 Å². The Balaban J connectivity index is 2.39. The van der Waals surface area contributed by atoms with Crippen LogP contribution < -0.4 is 0 Å². The fourth-order valence-corrected chi connectivity index (χ4v) is 3.11. The molecular formula is C16H21FO3. The maximum atomic E-state index is 13.8. The SMILES string of the molecule is CCCC(C(=O)OCC)C1(O)CCc2c(F)cccc21. The van der Waals surface area contributed by atoms with Crippen molar-refractivity contribution in [2.45, 2.75) is 45.1 Å². The monoisotopic (exact) mass is 280 g/mol. The molecule has 1 aliphatic carbocycles. The van der Waals surface area contributed by atoms with Crippen molar-refractivity contribution in [3.63, 3.8) is 0 Å². The van der Waals surface area contributed by atoms with Crippen LogP contribution in [0.4, 0.5) is 4.39 Å². The van der Waals surface area contributed by atoms with Crippen molar-refractivity contribution in [2.24, 2.45) is 5.92 Å². The van der Waals surface area contributed by atoms with Crippen molar-refractivity contribution < 1.29 is 19.0 Å². The van der Waals surface area contributed by atoms with E-state index >= 15 is 0 Å². The van der Waals surface area contributed by atoms with Gasteiger partial charge in [0.2, 0.25) is 0 Å². The third-order valence-electron chi connectivity index (χ3n) is 4.07. The van der Waals surface area contributed by atoms with Gasteiger partial charge in [-0.05, 0) is 43.4 Å². The molecule has 110 valence electrons. The minimum atomic E-state index is -1.31. The van der Waals surface area contributed by atoms with Crippen LogP contribution in [-0.4, -0.2) is 17.7 Å². The number of rotatable bonds is 5. The third kappa shape index (κ3) is 2.44. The van der Waals surface area contributed by atoms with Gasteiger partial charge in [0, 0.05) is 0 Å². The summed E-state index contributed by atoms with van der Waals surface area (Å²) >= 11 is 0. The highest BCUT2D eigenvalue weighted by atomic mass is 19.1. The van der Waals surface area contributed by atoms with Gasteiger partial charge in [-0.25, -0.2) is 4.39 Å². The molecule has 0 aliphatic heterocycles. The van der Waals surface area contributed by atoms with Gasteiger partial charge in [-0.1, -0.05) is 25.5 Å². The zero-order valence-electron chi connectivity index (χ0n) is 12.0. The zero-order chi connectivity index (χ0) is 14.8. The average Bonchev–Trinajstić information content (AvgIpc) is 2.76. The van der Waals surface area contributed by atoms with E-state index in [-0.39, 0.29) is 12.4 Å². The minimum Gasteiger partial charge on any atom is -0.466 e. The van der Waals surface area contributed by atoms with Crippen molar-refractivity contribution >= 4 is 5.97 Å². The number of fused-ring (bicyclic) bond motifs is 1. The molecule has 0 saturated heterocycles. The maximum Gasteiger partial charge on any atom is 0.312 e. The maximum absolute atomic E-state index is 13.8. The number of hydrogen-bond acceptors (Lipinski definition) is 3. The Kier molecular flexibility index (Phi) is 4.43. The second-order valence-electron chi connectivity index (χ2n) is 5.28. The van der Waals surface area contributed by atoms with Gasteiger partial charge >= 0.3 is 5.97 Å². The smallest absolute Gasteiger partial charge is 0.312 e. The molecule has 2 atom stereocenters. The molecule has 0 amide bonds. The molecule has 0 aromatic heterocycles. The highest BCUT2D eigenvalue weighted by molar-refractivity contribution is 5.74. The largest absolute Gasteiger partial charge is 0.466 e. The van der Waals surface area contributed by atoms with Gasteiger partial charge in [0.1, 0.15) is 11.4 Å². The number of benzene rings is 1. The Hall–Kier alpha value is -1.42. The van der Waals surface area contributed by atoms with Crippen LogP contribution in [0, 0.1) is 11.7 Å². The van der Waals surface area contributed by atoms with Crippen LogP contribution in [0.5, 0.6) is 0 Å². The number of ether oxygens (including phenoxy) is 1. The second kappa shape index (κ2) is 5.92. The Morgan fingerprint density at radius 2 is 2.25 bits per heavy atom. The van der Waals surface area contributed by atoms with Gasteiger partial charge < -0.3 is 9.84 Å². The molecule has 20 heavy (non-hydrogen) atoms. The van der Waals surface area contributed by atoms with Gasteiger partial charge in [-0.2, -0.15) is 0 Å². The first kappa shape index (κ1) is 15.0. The predicted octanol–water partition coefficient (Wildman–Crippen LogP) is 2.94. The van der Waals surface area contributed by atoms with Gasteiger partial charge in [0.15, 0.2) is 0 Å². The molecule has 1 aromatic carbocycles. The standard InChI is InChI=1S/C16H21FO3/c1-3-6-13(15(18)20-4-2)16(19)10-9-11-12(16)7-5-8-14(11)17/h5,7-8,13,19H,3-4,6,9-10H2,1-2H3. The number of esters is 1. The highest BCUT2D eigenvalue weighted by Crippen LogP contribution is 2.45. The molecule has 3 nitrogen and oxygen atoms in total. The van der Waals surface area contributed by atoms with Crippen molar-refractivity contribution in [1.29, 1.82) is 0 Å². The fraction of sp³-hybridized carbons (Fsp3) is 0.562. The van der Waals surface area contributed by atoms with Crippen molar-refractivity contribution in [3.8, 4) is 0 Å². The lowest BCUT2D eigenvalue weighted by Gasteiger charge is -2.32. The summed E-state index contributed by atoms with van der Waals surface area (Å²) in [6, 6.07) is 4.69. The summed E-state index contributed by atoms with van der Waals surface area (Å²) in [5.41, 5.74) is -0.232. The first-order chi connectivity index (χ1) is 9.54. The second-order valence-corrected chi connectivity index (χ2v) is 5.28. The quantitative estimate of drug-likeness (QED) is 0.844. The molecule has 2 rings (SSSR count). The molecule has 0 bridgehead atoms. The Bertz CT molecular complexity index is 500. The number of carbonyl (C=O) groups is 1. The van der Waals surface area contributed by atoms with Crippen LogP contribution in [-0.2, 0) is 21.6 Å². The number of aliphatic hydroxyl groups is 1. The number of halogens is 1. The van der Waals surface area contributed by atoms with Gasteiger partial charge in [0.05, 0.1) is 12.5 Å². The summed E-state index contributed by atoms with van der Waals surface area (Å²) < 4.78 is 18.9. The lowest BCUT2D eigenvalue weighted by atomic mass is 9.79. The fourth-order valence-electron chi connectivity index (χ4n) is 3.11. The normalized spacial score (nSPS) is 22.4. The number of carbonyl (C=O) groups excluding carboxylic acids is 1. The van der Waals surface area contributed by atoms with Crippen LogP contribution in [0.25, 0.3) is 0 Å². The van der Waals surface area contributed by atoms with E-state index in [2.05, 4.69) is 0 Å². The van der Waals surface area contributed by atoms with E-state index in [0.717, 1.165) is 6.42 Å². The molecule has 1 N–H and O–H groups in total. The summed E-state index contributed by atoms with van der Waals surface area (Å²) in [5.74, 6) is -1.33. The molecule has 0 spiro atoms. The molecule has 4 heteroatoms. The van der Waals surface area contributed by atoms with Gasteiger partial charge in [-0.15, -0.1) is 0 Å². The van der Waals surface area contributed by atoms with Crippen LogP contribution in [0.2, 0.25) is 0 Å². The Morgan fingerprint density at radius 1 is 1.50 bits per heavy atom. The first-order valence-electron chi connectivity index (χ1n) is 7.21. The predicted molar refractivity (Wildman–Crippen MR) is 73.6 cm³/mol. The van der Waals surface area contributed by atoms with Crippen molar-refractivity contribution in [1.82, 2.24) is 0 Å². The summed E-state index contributed by atoms with van der Waals surface area (Å²) in [4.78, 5) is 12.1. The molecule has 2 unspecified atom stereocenters. The summed E-state index contributed by atoms with van der Waals surface area (Å²) in [5, 5.41) is 11.0. The van der Waals surface area contributed by atoms with E-state index in [1.165, 1.54) is 6.07 Å². The Labute approximate surface area is 118 Å². The lowest BCUT2D eigenvalue weighted by Crippen LogP contribution is -2.39. The van der Waals surface area contributed by atoms with E-state index in [1.54, 1.807) is 19.1 Å². The first-order valence-corrected chi connectivity index (χ1v) is 7.21. The van der Waals surface area contributed by atoms with E-state index in [4.69, 9.17) is 4.74 Å². The Morgan fingerprint density at radius 3 is 2.90 bits per heavy atom. The summed E-state index contributed by atoms with van der Waals surface area (Å²) in [7, 11) is 0. The third-order valence-corrected chi connectivity index (χ3v) is 4.07.